The number of hydrogen-bond acceptors (Lipinski definition) is 3. The van der Waals surface area contributed by atoms with E-state index in [-0.39, 0.29) is 6.04 Å². The van der Waals surface area contributed by atoms with Gasteiger partial charge in [-0.2, -0.15) is 0 Å². The fourth-order valence-corrected chi connectivity index (χ4v) is 4.01. The molecule has 19 heavy (non-hydrogen) atoms. The summed E-state index contributed by atoms with van der Waals surface area (Å²) in [7, 11) is -3.40. The molecule has 5 heteroatoms. The lowest BCUT2D eigenvalue weighted by molar-refractivity contribution is 0.518. The lowest BCUT2D eigenvalue weighted by Crippen LogP contribution is -2.35. The number of rotatable bonds is 3. The third-order valence-corrected chi connectivity index (χ3v) is 4.90. The van der Waals surface area contributed by atoms with Crippen molar-refractivity contribution in [3.63, 3.8) is 0 Å². The van der Waals surface area contributed by atoms with Gasteiger partial charge in [0, 0.05) is 6.04 Å². The Morgan fingerprint density at radius 3 is 2.47 bits per heavy atom. The molecule has 1 heterocycles. The smallest absolute Gasteiger partial charge is 0.240 e. The average Bonchev–Trinajstić information content (AvgIpc) is 2.55. The van der Waals surface area contributed by atoms with Crippen molar-refractivity contribution >= 4 is 10.0 Å². The van der Waals surface area contributed by atoms with Gasteiger partial charge < -0.3 is 5.32 Å². The van der Waals surface area contributed by atoms with Gasteiger partial charge in [0.2, 0.25) is 10.0 Å². The minimum absolute atomic E-state index is 0.0424. The zero-order valence-corrected chi connectivity index (χ0v) is 12.4. The van der Waals surface area contributed by atoms with Gasteiger partial charge in [0.1, 0.15) is 0 Å². The number of aryl methyl sites for hydroxylation is 2. The molecule has 2 rings (SSSR count). The first-order valence-electron chi connectivity index (χ1n) is 6.79. The summed E-state index contributed by atoms with van der Waals surface area (Å²) in [6.45, 7) is 5.69. The van der Waals surface area contributed by atoms with Gasteiger partial charge in [0.05, 0.1) is 4.90 Å². The molecular weight excluding hydrogens is 260 g/mol. The molecule has 1 aromatic rings. The minimum atomic E-state index is -3.40. The summed E-state index contributed by atoms with van der Waals surface area (Å²) in [4.78, 5) is 0.377. The van der Waals surface area contributed by atoms with Crippen LogP contribution in [0.25, 0.3) is 0 Å². The van der Waals surface area contributed by atoms with E-state index in [9.17, 15) is 8.42 Å². The Balaban J connectivity index is 2.17. The predicted octanol–water partition coefficient (Wildman–Crippen LogP) is 1.72. The lowest BCUT2D eigenvalue weighted by Gasteiger charge is -2.16. The van der Waals surface area contributed by atoms with Crippen molar-refractivity contribution in [1.29, 1.82) is 0 Å². The second-order valence-electron chi connectivity index (χ2n) is 5.32. The Kier molecular flexibility index (Phi) is 4.60. The number of hydrogen-bond donors (Lipinski definition) is 2. The Labute approximate surface area is 115 Å². The molecule has 1 aliphatic heterocycles. The fourth-order valence-electron chi connectivity index (χ4n) is 2.51. The van der Waals surface area contributed by atoms with Crippen molar-refractivity contribution in [2.45, 2.75) is 44.0 Å². The first kappa shape index (κ1) is 14.5. The van der Waals surface area contributed by atoms with Crippen LogP contribution in [0, 0.1) is 13.8 Å². The maximum Gasteiger partial charge on any atom is 0.240 e. The summed E-state index contributed by atoms with van der Waals surface area (Å²) < 4.78 is 27.6. The van der Waals surface area contributed by atoms with E-state index in [1.54, 1.807) is 12.1 Å². The number of sulfonamides is 1. The van der Waals surface area contributed by atoms with Gasteiger partial charge in [-0.3, -0.25) is 0 Å². The highest BCUT2D eigenvalue weighted by atomic mass is 32.2. The molecule has 0 spiro atoms. The third-order valence-electron chi connectivity index (χ3n) is 3.40. The fraction of sp³-hybridized carbons (Fsp3) is 0.571. The molecule has 1 fully saturated rings. The molecule has 0 radical (unpaired) electrons. The maximum atomic E-state index is 12.4. The van der Waals surface area contributed by atoms with Crippen LogP contribution in [0.15, 0.2) is 23.1 Å². The van der Waals surface area contributed by atoms with Gasteiger partial charge in [0.25, 0.3) is 0 Å². The topological polar surface area (TPSA) is 58.2 Å². The largest absolute Gasteiger partial charge is 0.317 e. The van der Waals surface area contributed by atoms with Gasteiger partial charge in [0.15, 0.2) is 0 Å². The van der Waals surface area contributed by atoms with Crippen LogP contribution in [0.3, 0.4) is 0 Å². The number of nitrogens with one attached hydrogen (secondary N) is 2. The van der Waals surface area contributed by atoms with E-state index in [2.05, 4.69) is 10.0 Å². The highest BCUT2D eigenvalue weighted by molar-refractivity contribution is 7.89. The Morgan fingerprint density at radius 1 is 1.11 bits per heavy atom. The van der Waals surface area contributed by atoms with Crippen molar-refractivity contribution in [3.8, 4) is 0 Å². The second kappa shape index (κ2) is 6.03. The van der Waals surface area contributed by atoms with Crippen LogP contribution in [0.1, 0.15) is 30.4 Å². The quantitative estimate of drug-likeness (QED) is 0.887. The molecule has 0 aromatic heterocycles. The average molecular weight is 282 g/mol. The van der Waals surface area contributed by atoms with Crippen molar-refractivity contribution < 1.29 is 8.42 Å². The molecule has 2 N–H and O–H groups in total. The molecule has 0 aliphatic carbocycles. The predicted molar refractivity (Wildman–Crippen MR) is 76.7 cm³/mol. The van der Waals surface area contributed by atoms with Gasteiger partial charge >= 0.3 is 0 Å². The van der Waals surface area contributed by atoms with E-state index in [0.717, 1.165) is 43.5 Å². The summed E-state index contributed by atoms with van der Waals surface area (Å²) in [5, 5.41) is 3.29. The lowest BCUT2D eigenvalue weighted by atomic mass is 10.1. The Morgan fingerprint density at radius 2 is 1.79 bits per heavy atom. The SMILES string of the molecule is Cc1cc(C)cc(S(=O)(=O)NC2CCCNCC2)c1. The molecule has 1 unspecified atom stereocenters. The molecule has 1 atom stereocenters. The first-order valence-corrected chi connectivity index (χ1v) is 8.27. The van der Waals surface area contributed by atoms with E-state index in [1.165, 1.54) is 0 Å². The summed E-state index contributed by atoms with van der Waals surface area (Å²) in [6, 6.07) is 5.48. The van der Waals surface area contributed by atoms with Crippen LogP contribution < -0.4 is 10.0 Å². The number of benzene rings is 1. The van der Waals surface area contributed by atoms with Crippen molar-refractivity contribution in [1.82, 2.24) is 10.0 Å². The van der Waals surface area contributed by atoms with Gasteiger partial charge in [-0.05, 0) is 69.5 Å². The molecule has 0 saturated carbocycles. The molecule has 0 bridgehead atoms. The van der Waals surface area contributed by atoms with E-state index in [4.69, 9.17) is 0 Å². The molecule has 106 valence electrons. The van der Waals surface area contributed by atoms with Crippen molar-refractivity contribution in [3.05, 3.63) is 29.3 Å². The minimum Gasteiger partial charge on any atom is -0.317 e. The standard InChI is InChI=1S/C14H22N2O2S/c1-11-8-12(2)10-14(9-11)19(17,18)16-13-4-3-6-15-7-5-13/h8-10,13,15-16H,3-7H2,1-2H3. The maximum absolute atomic E-state index is 12.4. The van der Waals surface area contributed by atoms with Gasteiger partial charge in [-0.25, -0.2) is 13.1 Å². The summed E-state index contributed by atoms with van der Waals surface area (Å²) in [5.41, 5.74) is 1.95. The summed E-state index contributed by atoms with van der Waals surface area (Å²) >= 11 is 0. The van der Waals surface area contributed by atoms with Crippen molar-refractivity contribution in [2.24, 2.45) is 0 Å². The van der Waals surface area contributed by atoms with Gasteiger partial charge in [-0.15, -0.1) is 0 Å². The second-order valence-corrected chi connectivity index (χ2v) is 7.04. The van der Waals surface area contributed by atoms with Crippen LogP contribution >= 0.6 is 0 Å². The molecular formula is C14H22N2O2S. The van der Waals surface area contributed by atoms with Crippen LogP contribution in [0.4, 0.5) is 0 Å². The van der Waals surface area contributed by atoms with Gasteiger partial charge in [-0.1, -0.05) is 6.07 Å². The zero-order chi connectivity index (χ0) is 13.9. The van der Waals surface area contributed by atoms with E-state index < -0.39 is 10.0 Å². The first-order chi connectivity index (χ1) is 8.97. The van der Waals surface area contributed by atoms with E-state index in [0.29, 0.717) is 4.90 Å². The highest BCUT2D eigenvalue weighted by Gasteiger charge is 2.21. The third kappa shape index (κ3) is 4.03. The van der Waals surface area contributed by atoms with Crippen LogP contribution in [0.5, 0.6) is 0 Å². The molecule has 4 nitrogen and oxygen atoms in total. The Hall–Kier alpha value is -0.910. The summed E-state index contributed by atoms with van der Waals surface area (Å²) in [6.07, 6.45) is 2.76. The molecule has 0 amide bonds. The molecule has 1 aliphatic rings. The summed E-state index contributed by atoms with van der Waals surface area (Å²) in [5.74, 6) is 0. The Bertz CT molecular complexity index is 512. The van der Waals surface area contributed by atoms with Crippen LogP contribution in [0.2, 0.25) is 0 Å². The zero-order valence-electron chi connectivity index (χ0n) is 11.6. The monoisotopic (exact) mass is 282 g/mol. The van der Waals surface area contributed by atoms with Crippen molar-refractivity contribution in [2.75, 3.05) is 13.1 Å². The highest BCUT2D eigenvalue weighted by Crippen LogP contribution is 2.16. The van der Waals surface area contributed by atoms with Crippen LogP contribution in [-0.2, 0) is 10.0 Å². The molecule has 1 saturated heterocycles. The molecule has 1 aromatic carbocycles. The van der Waals surface area contributed by atoms with E-state index in [1.807, 2.05) is 19.9 Å². The van der Waals surface area contributed by atoms with Crippen LogP contribution in [-0.4, -0.2) is 27.5 Å². The normalized spacial score (nSPS) is 21.1. The van der Waals surface area contributed by atoms with E-state index >= 15 is 0 Å².